The zero-order valence-electron chi connectivity index (χ0n) is 15.8. The third-order valence-corrected chi connectivity index (χ3v) is 4.90. The van der Waals surface area contributed by atoms with Gasteiger partial charge in [-0.2, -0.15) is 33.8 Å². The predicted molar refractivity (Wildman–Crippen MR) is 104 cm³/mol. The van der Waals surface area contributed by atoms with Gasteiger partial charge in [0.1, 0.15) is 6.17 Å². The fourth-order valence-electron chi connectivity index (χ4n) is 3.48. The molecule has 2 atom stereocenters. The van der Waals surface area contributed by atoms with Crippen LogP contribution in [-0.2, 0) is 6.18 Å². The highest BCUT2D eigenvalue weighted by Crippen LogP contribution is 2.46. The van der Waals surface area contributed by atoms with Gasteiger partial charge in [-0.15, -0.1) is 0 Å². The number of nitrogens with zero attached hydrogens (tertiary/aromatic N) is 5. The standard InChI is InChI=1S/C21H15F3N6O/c22-21(23,24)18-17(20(31)30(29-18)14-4-2-1-3-5-14)16(15-11-27-28-19(15)26)13-8-6-12(10-25)7-9-13/h1-9,11,16,19,31H,26H2. The van der Waals surface area contributed by atoms with Crippen LogP contribution in [0.25, 0.3) is 5.69 Å². The first-order chi connectivity index (χ1) is 14.8. The maximum Gasteiger partial charge on any atom is 0.435 e. The summed E-state index contributed by atoms with van der Waals surface area (Å²) in [5.41, 5.74) is 5.49. The number of aromatic hydroxyl groups is 1. The van der Waals surface area contributed by atoms with E-state index in [9.17, 15) is 18.3 Å². The maximum atomic E-state index is 14.0. The molecule has 0 fully saturated rings. The Balaban J connectivity index is 1.98. The minimum absolute atomic E-state index is 0.259. The Labute approximate surface area is 174 Å². The van der Waals surface area contributed by atoms with Crippen LogP contribution in [0.4, 0.5) is 13.2 Å². The molecule has 7 nitrogen and oxygen atoms in total. The van der Waals surface area contributed by atoms with Crippen LogP contribution < -0.4 is 5.73 Å². The van der Waals surface area contributed by atoms with E-state index in [1.54, 1.807) is 18.2 Å². The lowest BCUT2D eigenvalue weighted by Crippen LogP contribution is -2.24. The Hall–Kier alpha value is -3.97. The molecule has 1 aromatic heterocycles. The van der Waals surface area contributed by atoms with Crippen LogP contribution in [0.2, 0.25) is 0 Å². The molecule has 2 heterocycles. The summed E-state index contributed by atoms with van der Waals surface area (Å²) < 4.78 is 42.9. The molecule has 10 heteroatoms. The molecule has 0 saturated carbocycles. The molecule has 0 amide bonds. The number of halogens is 3. The Morgan fingerprint density at radius 1 is 1.10 bits per heavy atom. The number of nitriles is 1. The maximum absolute atomic E-state index is 14.0. The van der Waals surface area contributed by atoms with E-state index in [0.29, 0.717) is 11.1 Å². The second kappa shape index (κ2) is 7.70. The van der Waals surface area contributed by atoms with Gasteiger partial charge in [0.15, 0.2) is 5.69 Å². The molecule has 1 aliphatic rings. The van der Waals surface area contributed by atoms with Crippen molar-refractivity contribution in [1.82, 2.24) is 9.78 Å². The molecule has 0 aliphatic carbocycles. The lowest BCUT2D eigenvalue weighted by Gasteiger charge is -2.22. The number of rotatable bonds is 4. The fraction of sp³-hybridized carbons (Fsp3) is 0.143. The van der Waals surface area contributed by atoms with Gasteiger partial charge in [-0.05, 0) is 29.8 Å². The Bertz CT molecular complexity index is 1210. The quantitative estimate of drug-likeness (QED) is 0.652. The first-order valence-electron chi connectivity index (χ1n) is 9.11. The average Bonchev–Trinajstić information content (AvgIpc) is 3.33. The van der Waals surface area contributed by atoms with E-state index in [4.69, 9.17) is 11.0 Å². The van der Waals surface area contributed by atoms with Crippen molar-refractivity contribution in [3.8, 4) is 17.6 Å². The Morgan fingerprint density at radius 2 is 1.77 bits per heavy atom. The number of para-hydroxylation sites is 1. The molecule has 1 aliphatic heterocycles. The largest absolute Gasteiger partial charge is 0.493 e. The van der Waals surface area contributed by atoms with Gasteiger partial charge in [-0.25, -0.2) is 4.68 Å². The number of hydrogen-bond acceptors (Lipinski definition) is 6. The van der Waals surface area contributed by atoms with Crippen molar-refractivity contribution in [2.24, 2.45) is 16.0 Å². The van der Waals surface area contributed by atoms with Crippen LogP contribution in [0.5, 0.6) is 5.88 Å². The molecule has 0 saturated heterocycles. The van der Waals surface area contributed by atoms with Crippen molar-refractivity contribution >= 4 is 0 Å². The van der Waals surface area contributed by atoms with Crippen LogP contribution in [0.1, 0.15) is 28.3 Å². The third kappa shape index (κ3) is 3.67. The summed E-state index contributed by atoms with van der Waals surface area (Å²) in [6.45, 7) is 0. The molecule has 31 heavy (non-hydrogen) atoms. The van der Waals surface area contributed by atoms with E-state index in [1.807, 2.05) is 6.07 Å². The molecule has 3 N–H and O–H groups in total. The summed E-state index contributed by atoms with van der Waals surface area (Å²) in [7, 11) is 0. The van der Waals surface area contributed by atoms with Crippen LogP contribution in [0, 0.1) is 11.3 Å². The topological polar surface area (TPSA) is 113 Å². The normalized spacial score (nSPS) is 16.7. The second-order valence-corrected chi connectivity index (χ2v) is 6.80. The number of alkyl halides is 3. The Kier molecular flexibility index (Phi) is 5.04. The van der Waals surface area contributed by atoms with Gasteiger partial charge in [-0.3, -0.25) is 0 Å². The van der Waals surface area contributed by atoms with Crippen molar-refractivity contribution in [3.05, 3.63) is 88.8 Å². The summed E-state index contributed by atoms with van der Waals surface area (Å²) in [5.74, 6) is -1.81. The van der Waals surface area contributed by atoms with Gasteiger partial charge in [0, 0.05) is 11.5 Å². The highest BCUT2D eigenvalue weighted by atomic mass is 19.4. The van der Waals surface area contributed by atoms with E-state index in [1.165, 1.54) is 42.6 Å². The van der Waals surface area contributed by atoms with E-state index in [2.05, 4.69) is 15.3 Å². The van der Waals surface area contributed by atoms with Crippen molar-refractivity contribution in [2.45, 2.75) is 18.3 Å². The molecule has 0 bridgehead atoms. The van der Waals surface area contributed by atoms with Crippen LogP contribution in [-0.4, -0.2) is 21.1 Å². The summed E-state index contributed by atoms with van der Waals surface area (Å²) in [4.78, 5) is 0. The number of aromatic nitrogens is 2. The molecule has 0 spiro atoms. The van der Waals surface area contributed by atoms with Crippen molar-refractivity contribution in [3.63, 3.8) is 0 Å². The smallest absolute Gasteiger partial charge is 0.435 e. The molecule has 2 unspecified atom stereocenters. The molecule has 156 valence electrons. The Morgan fingerprint density at radius 3 is 2.32 bits per heavy atom. The van der Waals surface area contributed by atoms with E-state index in [0.717, 1.165) is 4.68 Å². The minimum atomic E-state index is -4.85. The van der Waals surface area contributed by atoms with Gasteiger partial charge < -0.3 is 10.8 Å². The summed E-state index contributed by atoms with van der Waals surface area (Å²) >= 11 is 0. The zero-order chi connectivity index (χ0) is 22.2. The van der Waals surface area contributed by atoms with Crippen LogP contribution in [0.15, 0.2) is 76.6 Å². The van der Waals surface area contributed by atoms with Crippen molar-refractivity contribution in [1.29, 1.82) is 5.26 Å². The third-order valence-electron chi connectivity index (χ3n) is 4.90. The summed E-state index contributed by atoms with van der Waals surface area (Å²) in [5, 5.41) is 31.2. The van der Waals surface area contributed by atoms with Gasteiger partial charge in [0.05, 0.1) is 29.1 Å². The molecular weight excluding hydrogens is 409 g/mol. The lowest BCUT2D eigenvalue weighted by molar-refractivity contribution is -0.142. The van der Waals surface area contributed by atoms with Gasteiger partial charge in [0.25, 0.3) is 0 Å². The van der Waals surface area contributed by atoms with Gasteiger partial charge in [-0.1, -0.05) is 30.3 Å². The predicted octanol–water partition coefficient (Wildman–Crippen LogP) is 4.23. The summed E-state index contributed by atoms with van der Waals surface area (Å²) in [6, 6.07) is 15.9. The first-order valence-corrected chi connectivity index (χ1v) is 9.11. The van der Waals surface area contributed by atoms with E-state index in [-0.39, 0.29) is 11.3 Å². The highest BCUT2D eigenvalue weighted by Gasteiger charge is 2.44. The molecule has 3 aromatic rings. The molecule has 4 rings (SSSR count). The first kappa shape index (κ1) is 20.3. The second-order valence-electron chi connectivity index (χ2n) is 6.80. The van der Waals surface area contributed by atoms with Crippen LogP contribution >= 0.6 is 0 Å². The number of hydrogen-bond donors (Lipinski definition) is 2. The highest BCUT2D eigenvalue weighted by molar-refractivity contribution is 5.53. The molecular formula is C21H15F3N6O. The number of azo groups is 1. The lowest BCUT2D eigenvalue weighted by atomic mass is 9.83. The molecule has 0 radical (unpaired) electrons. The van der Waals surface area contributed by atoms with E-state index < -0.39 is 35.4 Å². The fourth-order valence-corrected chi connectivity index (χ4v) is 3.48. The van der Waals surface area contributed by atoms with Crippen molar-refractivity contribution < 1.29 is 18.3 Å². The van der Waals surface area contributed by atoms with Gasteiger partial charge in [0.2, 0.25) is 5.88 Å². The van der Waals surface area contributed by atoms with Gasteiger partial charge >= 0.3 is 6.18 Å². The average molecular weight is 424 g/mol. The summed E-state index contributed by atoms with van der Waals surface area (Å²) in [6.07, 6.45) is -4.55. The molecule has 2 aromatic carbocycles. The number of nitrogens with two attached hydrogens (primary N) is 1. The minimum Gasteiger partial charge on any atom is -0.493 e. The number of benzene rings is 2. The SMILES string of the molecule is N#Cc1ccc(C(C2=CN=NC2N)c2c(C(F)(F)F)nn(-c3ccccc3)c2O)cc1. The monoisotopic (exact) mass is 424 g/mol. The van der Waals surface area contributed by atoms with E-state index >= 15 is 0 Å². The van der Waals surface area contributed by atoms with Crippen LogP contribution in [0.3, 0.4) is 0 Å². The zero-order valence-corrected chi connectivity index (χ0v) is 15.8. The van der Waals surface area contributed by atoms with Crippen molar-refractivity contribution in [2.75, 3.05) is 0 Å².